The molecule has 0 radical (unpaired) electrons. The Balaban J connectivity index is 1.23. The maximum atomic E-state index is 4.05. The Morgan fingerprint density at radius 2 is 0.909 bits per heavy atom. The third kappa shape index (κ3) is 6.05. The van der Waals surface area contributed by atoms with E-state index in [1.807, 2.05) is 12.2 Å². The van der Waals surface area contributed by atoms with Gasteiger partial charge in [0.15, 0.2) is 0 Å². The van der Waals surface area contributed by atoms with Gasteiger partial charge in [-0.3, -0.25) is 0 Å². The van der Waals surface area contributed by atoms with Gasteiger partial charge < -0.3 is 0 Å². The van der Waals surface area contributed by atoms with Crippen molar-refractivity contribution in [1.29, 1.82) is 0 Å². The molecule has 0 aliphatic rings. The van der Waals surface area contributed by atoms with Crippen molar-refractivity contribution in [2.75, 3.05) is 0 Å². The van der Waals surface area contributed by atoms with Gasteiger partial charge in [0.25, 0.3) is 0 Å². The molecule has 0 fully saturated rings. The maximum Gasteiger partial charge on any atom is -0.00199 e. The van der Waals surface area contributed by atoms with Crippen LogP contribution >= 0.6 is 0 Å². The second kappa shape index (κ2) is 14.0. The highest BCUT2D eigenvalue weighted by Gasteiger charge is 2.23. The standard InChI is InChI=1S/C55H44/c1-5-16-40-31-32-41(36-52(40)55(3,4)33-6-2)37-27-29-38(30-28-37)43-34-42-18-8-10-21-45(42)51(35-43)54-49-24-13-11-22-47(49)53(48-23-12-14-25-50(48)54)46-26-15-19-39-17-7-9-20-44(39)46/h5-15,17-32,34-36H,1-2,16,33H2,3-4H3. The summed E-state index contributed by atoms with van der Waals surface area (Å²) in [5.41, 5.74) is 12.6. The van der Waals surface area contributed by atoms with E-state index >= 15 is 0 Å². The van der Waals surface area contributed by atoms with Gasteiger partial charge in [0, 0.05) is 0 Å². The molecule has 9 aromatic carbocycles. The van der Waals surface area contributed by atoms with Gasteiger partial charge in [0.05, 0.1) is 0 Å². The van der Waals surface area contributed by atoms with Gasteiger partial charge in [-0.25, -0.2) is 0 Å². The van der Waals surface area contributed by atoms with Crippen molar-refractivity contribution in [3.05, 3.63) is 206 Å². The van der Waals surface area contributed by atoms with Crippen molar-refractivity contribution in [1.82, 2.24) is 0 Å². The van der Waals surface area contributed by atoms with Crippen LogP contribution in [0, 0.1) is 0 Å². The van der Waals surface area contributed by atoms with E-state index in [9.17, 15) is 0 Å². The number of fused-ring (bicyclic) bond motifs is 4. The van der Waals surface area contributed by atoms with Crippen LogP contribution in [0.15, 0.2) is 195 Å². The lowest BCUT2D eigenvalue weighted by molar-refractivity contribution is 0.530. The predicted molar refractivity (Wildman–Crippen MR) is 240 cm³/mol. The average molecular weight is 705 g/mol. The van der Waals surface area contributed by atoms with Crippen LogP contribution in [-0.2, 0) is 11.8 Å². The summed E-state index contributed by atoms with van der Waals surface area (Å²) < 4.78 is 0. The molecule has 55 heavy (non-hydrogen) atoms. The van der Waals surface area contributed by atoms with Crippen LogP contribution in [-0.4, -0.2) is 0 Å². The van der Waals surface area contributed by atoms with Crippen LogP contribution in [0.4, 0.5) is 0 Å². The van der Waals surface area contributed by atoms with Crippen LogP contribution in [0.1, 0.15) is 31.4 Å². The van der Waals surface area contributed by atoms with E-state index in [1.54, 1.807) is 0 Å². The van der Waals surface area contributed by atoms with Crippen molar-refractivity contribution in [3.8, 4) is 44.5 Å². The van der Waals surface area contributed by atoms with E-state index in [1.165, 1.54) is 98.7 Å². The van der Waals surface area contributed by atoms with Gasteiger partial charge in [0.2, 0.25) is 0 Å². The summed E-state index contributed by atoms with van der Waals surface area (Å²) >= 11 is 0. The van der Waals surface area contributed by atoms with Crippen LogP contribution in [0.3, 0.4) is 0 Å². The van der Waals surface area contributed by atoms with E-state index in [0.717, 1.165) is 12.8 Å². The van der Waals surface area contributed by atoms with Crippen molar-refractivity contribution >= 4 is 43.1 Å². The lowest BCUT2D eigenvalue weighted by atomic mass is 9.77. The quantitative estimate of drug-likeness (QED) is 0.104. The van der Waals surface area contributed by atoms with Crippen LogP contribution in [0.25, 0.3) is 87.6 Å². The van der Waals surface area contributed by atoms with Crippen molar-refractivity contribution in [3.63, 3.8) is 0 Å². The summed E-state index contributed by atoms with van der Waals surface area (Å²) in [6.45, 7) is 12.7. The highest BCUT2D eigenvalue weighted by molar-refractivity contribution is 6.25. The lowest BCUT2D eigenvalue weighted by Gasteiger charge is -2.27. The molecule has 0 aliphatic heterocycles. The van der Waals surface area contributed by atoms with Gasteiger partial charge in [-0.2, -0.15) is 0 Å². The smallest absolute Gasteiger partial charge is 0.00199 e. The van der Waals surface area contributed by atoms with Crippen molar-refractivity contribution < 1.29 is 0 Å². The Bertz CT molecular complexity index is 2860. The molecular formula is C55H44. The summed E-state index contributed by atoms with van der Waals surface area (Å²) in [5.74, 6) is 0. The second-order valence-electron chi connectivity index (χ2n) is 15.4. The Hall–Kier alpha value is -6.50. The van der Waals surface area contributed by atoms with Crippen LogP contribution in [0.5, 0.6) is 0 Å². The highest BCUT2D eigenvalue weighted by Crippen LogP contribution is 2.47. The fourth-order valence-corrected chi connectivity index (χ4v) is 8.88. The van der Waals surface area contributed by atoms with E-state index in [0.29, 0.717) is 0 Å². The van der Waals surface area contributed by atoms with Gasteiger partial charge in [-0.15, -0.1) is 13.2 Å². The molecule has 0 heteroatoms. The van der Waals surface area contributed by atoms with E-state index in [-0.39, 0.29) is 5.41 Å². The van der Waals surface area contributed by atoms with Crippen molar-refractivity contribution in [2.24, 2.45) is 0 Å². The first kappa shape index (κ1) is 34.3. The summed E-state index contributed by atoms with van der Waals surface area (Å²) in [6.07, 6.45) is 5.80. The zero-order valence-electron chi connectivity index (χ0n) is 31.6. The number of allylic oxidation sites excluding steroid dienone is 2. The normalized spacial score (nSPS) is 11.7. The molecule has 0 nitrogen and oxygen atoms in total. The van der Waals surface area contributed by atoms with E-state index < -0.39 is 0 Å². The average Bonchev–Trinajstić information content (AvgIpc) is 3.22. The van der Waals surface area contributed by atoms with Gasteiger partial charge in [-0.05, 0) is 129 Å². The van der Waals surface area contributed by atoms with E-state index in [2.05, 4.69) is 197 Å². The first-order valence-corrected chi connectivity index (χ1v) is 19.4. The second-order valence-corrected chi connectivity index (χ2v) is 15.4. The molecule has 0 spiro atoms. The Morgan fingerprint density at radius 3 is 1.51 bits per heavy atom. The molecule has 0 saturated heterocycles. The van der Waals surface area contributed by atoms with Gasteiger partial charge in [0.1, 0.15) is 0 Å². The maximum absolute atomic E-state index is 4.05. The highest BCUT2D eigenvalue weighted by atomic mass is 14.3. The molecule has 0 atom stereocenters. The molecule has 9 rings (SSSR count). The minimum Gasteiger partial charge on any atom is -0.103 e. The fraction of sp³-hybridized carbons (Fsp3) is 0.0909. The fourth-order valence-electron chi connectivity index (χ4n) is 8.88. The molecule has 0 unspecified atom stereocenters. The largest absolute Gasteiger partial charge is 0.103 e. The Morgan fingerprint density at radius 1 is 0.418 bits per heavy atom. The van der Waals surface area contributed by atoms with Crippen LogP contribution in [0.2, 0.25) is 0 Å². The SMILES string of the molecule is C=CCc1ccc(-c2ccc(-c3cc(-c4c5ccccc5c(-c5cccc6ccccc56)c5ccccc45)c4ccccc4c3)cc2)cc1C(C)(C)CC=C. The number of hydrogen-bond donors (Lipinski definition) is 0. The third-order valence-electron chi connectivity index (χ3n) is 11.5. The first-order valence-electron chi connectivity index (χ1n) is 19.4. The summed E-state index contributed by atoms with van der Waals surface area (Å²) in [6, 6.07) is 63.1. The summed E-state index contributed by atoms with van der Waals surface area (Å²) in [5, 5.41) is 10.1. The first-order chi connectivity index (χ1) is 26.9. The van der Waals surface area contributed by atoms with Crippen LogP contribution < -0.4 is 0 Å². The molecule has 9 aromatic rings. The molecule has 0 heterocycles. The molecule has 0 N–H and O–H groups in total. The molecule has 0 aliphatic carbocycles. The number of hydrogen-bond acceptors (Lipinski definition) is 0. The van der Waals surface area contributed by atoms with E-state index in [4.69, 9.17) is 0 Å². The lowest BCUT2D eigenvalue weighted by Crippen LogP contribution is -2.18. The third-order valence-corrected chi connectivity index (χ3v) is 11.5. The zero-order valence-corrected chi connectivity index (χ0v) is 31.6. The predicted octanol–water partition coefficient (Wildman–Crippen LogP) is 15.5. The van der Waals surface area contributed by atoms with Gasteiger partial charge in [-0.1, -0.05) is 184 Å². The Kier molecular flexibility index (Phi) is 8.76. The number of rotatable bonds is 9. The zero-order chi connectivity index (χ0) is 37.5. The monoisotopic (exact) mass is 704 g/mol. The summed E-state index contributed by atoms with van der Waals surface area (Å²) in [7, 11) is 0. The number of benzene rings is 9. The summed E-state index contributed by atoms with van der Waals surface area (Å²) in [4.78, 5) is 0. The topological polar surface area (TPSA) is 0 Å². The molecule has 0 aromatic heterocycles. The molecule has 264 valence electrons. The molecular weight excluding hydrogens is 661 g/mol. The van der Waals surface area contributed by atoms with Gasteiger partial charge >= 0.3 is 0 Å². The Labute approximate surface area is 324 Å². The molecule has 0 bridgehead atoms. The molecule has 0 saturated carbocycles. The minimum atomic E-state index is -0.0149. The minimum absolute atomic E-state index is 0.0149. The molecule has 0 amide bonds. The van der Waals surface area contributed by atoms with Crippen molar-refractivity contribution in [2.45, 2.75) is 32.1 Å².